The number of carbonyl (C=O) groups excluding carboxylic acids is 2. The molecule has 0 aromatic carbocycles. The molecule has 0 aromatic heterocycles. The van der Waals surface area contributed by atoms with Gasteiger partial charge in [-0.25, -0.2) is 0 Å². The number of hydrogen-bond acceptors (Lipinski definition) is 3. The van der Waals surface area contributed by atoms with Crippen molar-refractivity contribution in [2.45, 2.75) is 0 Å². The molecule has 0 rings (SSSR count). The zero-order chi connectivity index (χ0) is 8.31. The minimum absolute atomic E-state index is 0.519. The lowest BCUT2D eigenvalue weighted by atomic mass is 10.4. The Balaban J connectivity index is 4.67. The third-order valence-corrected chi connectivity index (χ3v) is 1.11. The van der Waals surface area contributed by atoms with Crippen LogP contribution in [0.1, 0.15) is 0 Å². The molecule has 0 aromatic rings. The molecule has 0 radical (unpaired) electrons. The summed E-state index contributed by atoms with van der Waals surface area (Å²) >= 11 is 5.14. The first-order valence-corrected chi connectivity index (χ1v) is 2.59. The minimum atomic E-state index is -0.974. The maximum Gasteiger partial charge on any atom is 0.266 e. The fraction of sp³-hybridized carbons (Fsp3) is 0. The van der Waals surface area contributed by atoms with E-state index in [1.165, 1.54) is 0 Å². The molecular formula is C4H6ClN3O2. The van der Waals surface area contributed by atoms with Gasteiger partial charge in [0.05, 0.1) is 0 Å². The van der Waals surface area contributed by atoms with Crippen LogP contribution in [0.5, 0.6) is 0 Å². The quantitative estimate of drug-likeness (QED) is 0.425. The highest BCUT2D eigenvalue weighted by molar-refractivity contribution is 6.43. The van der Waals surface area contributed by atoms with E-state index in [-0.39, 0.29) is 0 Å². The van der Waals surface area contributed by atoms with E-state index < -0.39 is 22.5 Å². The van der Waals surface area contributed by atoms with E-state index in [1.807, 2.05) is 0 Å². The molecule has 6 heteroatoms. The van der Waals surface area contributed by atoms with Gasteiger partial charge in [0.2, 0.25) is 0 Å². The van der Waals surface area contributed by atoms with Gasteiger partial charge in [-0.2, -0.15) is 0 Å². The summed E-state index contributed by atoms with van der Waals surface area (Å²) in [6.45, 7) is 0. The van der Waals surface area contributed by atoms with Crippen molar-refractivity contribution in [3.8, 4) is 0 Å². The average Bonchev–Trinajstić information content (AvgIpc) is 1.84. The van der Waals surface area contributed by atoms with Crippen LogP contribution in [0.3, 0.4) is 0 Å². The van der Waals surface area contributed by atoms with Gasteiger partial charge in [0, 0.05) is 0 Å². The Bertz CT molecular complexity index is 189. The molecule has 6 N–H and O–H groups in total. The first-order valence-electron chi connectivity index (χ1n) is 2.21. The molecule has 5 nitrogen and oxygen atoms in total. The molecule has 56 valence electrons. The van der Waals surface area contributed by atoms with Crippen molar-refractivity contribution in [2.75, 3.05) is 0 Å². The Morgan fingerprint density at radius 1 is 1.00 bits per heavy atom. The van der Waals surface area contributed by atoms with Gasteiger partial charge in [0.15, 0.2) is 0 Å². The number of hydrogen-bond donors (Lipinski definition) is 3. The molecule has 0 saturated carbocycles. The van der Waals surface area contributed by atoms with Crippen LogP contribution in [0, 0.1) is 0 Å². The normalized spacial score (nSPS) is 12.1. The number of rotatable bonds is 2. The molecule has 0 saturated heterocycles. The van der Waals surface area contributed by atoms with Crippen molar-refractivity contribution in [1.82, 2.24) is 0 Å². The lowest BCUT2D eigenvalue weighted by Crippen LogP contribution is -2.25. The van der Waals surface area contributed by atoms with Crippen LogP contribution in [0.2, 0.25) is 0 Å². The second-order valence-electron chi connectivity index (χ2n) is 1.46. The molecule has 0 unspecified atom stereocenters. The Hall–Kier alpha value is -1.23. The summed E-state index contributed by atoms with van der Waals surface area (Å²) in [4.78, 5) is 20.4. The molecule has 0 spiro atoms. The van der Waals surface area contributed by atoms with Crippen molar-refractivity contribution in [3.05, 3.63) is 10.7 Å². The summed E-state index contributed by atoms with van der Waals surface area (Å²) in [5.41, 5.74) is 13.7. The Kier molecular flexibility index (Phi) is 2.69. The first kappa shape index (κ1) is 8.77. The topological polar surface area (TPSA) is 112 Å². The smallest absolute Gasteiger partial charge is 0.266 e. The van der Waals surface area contributed by atoms with Crippen molar-refractivity contribution >= 4 is 23.4 Å². The Morgan fingerprint density at radius 3 is 1.50 bits per heavy atom. The second-order valence-corrected chi connectivity index (χ2v) is 1.83. The molecule has 2 amide bonds. The summed E-state index contributed by atoms with van der Waals surface area (Å²) in [5, 5.41) is -0.535. The highest BCUT2D eigenvalue weighted by atomic mass is 35.5. The van der Waals surface area contributed by atoms with Crippen LogP contribution in [0.4, 0.5) is 0 Å². The number of nitrogens with two attached hydrogens (primary N) is 3. The highest BCUT2D eigenvalue weighted by Gasteiger charge is 2.10. The van der Waals surface area contributed by atoms with E-state index in [4.69, 9.17) is 17.3 Å². The number of carbonyl (C=O) groups is 2. The molecule has 0 fully saturated rings. The predicted molar refractivity (Wildman–Crippen MR) is 35.5 cm³/mol. The van der Waals surface area contributed by atoms with Crippen LogP contribution in [0.15, 0.2) is 10.7 Å². The van der Waals surface area contributed by atoms with Crippen LogP contribution >= 0.6 is 11.6 Å². The zero-order valence-corrected chi connectivity index (χ0v) is 5.68. The van der Waals surface area contributed by atoms with E-state index in [2.05, 4.69) is 11.5 Å². The zero-order valence-electron chi connectivity index (χ0n) is 4.93. The Morgan fingerprint density at radius 2 is 1.40 bits per heavy atom. The van der Waals surface area contributed by atoms with Crippen LogP contribution in [-0.2, 0) is 9.59 Å². The Labute approximate surface area is 61.8 Å². The largest absolute Gasteiger partial charge is 0.393 e. The van der Waals surface area contributed by atoms with E-state index in [0.717, 1.165) is 0 Å². The fourth-order valence-corrected chi connectivity index (χ4v) is 0.334. The molecule has 0 heterocycles. The monoisotopic (exact) mass is 163 g/mol. The molecule has 0 aliphatic heterocycles. The van der Waals surface area contributed by atoms with E-state index >= 15 is 0 Å². The molecule has 0 bridgehead atoms. The van der Waals surface area contributed by atoms with Crippen molar-refractivity contribution in [3.63, 3.8) is 0 Å². The lowest BCUT2D eigenvalue weighted by Gasteiger charge is -1.95. The minimum Gasteiger partial charge on any atom is -0.393 e. The average molecular weight is 164 g/mol. The third kappa shape index (κ3) is 1.94. The second kappa shape index (κ2) is 3.07. The summed E-state index contributed by atoms with van der Waals surface area (Å²) in [5.74, 6) is -1.94. The molecular weight excluding hydrogens is 158 g/mol. The standard InChI is InChI=1S/C4H6ClN3O2/c5-1(3(7)9)2(6)4(8)10/h6H2,(H2,7,9)(H2,8,10)/b2-1-. The SMILES string of the molecule is NC(=O)/C(N)=C(/Cl)C(N)=O. The summed E-state index contributed by atoms with van der Waals surface area (Å²) in [6, 6.07) is 0. The first-order chi connectivity index (χ1) is 4.46. The van der Waals surface area contributed by atoms with Gasteiger partial charge in [-0.05, 0) is 0 Å². The maximum atomic E-state index is 10.2. The molecule has 0 aliphatic carbocycles. The number of amides is 2. The van der Waals surface area contributed by atoms with Crippen LogP contribution < -0.4 is 17.2 Å². The number of primary amides is 2. The lowest BCUT2D eigenvalue weighted by molar-refractivity contribution is -0.116. The third-order valence-electron chi connectivity index (χ3n) is 0.718. The predicted octanol–water partition coefficient (Wildman–Crippen LogP) is -1.63. The van der Waals surface area contributed by atoms with Crippen molar-refractivity contribution in [1.29, 1.82) is 0 Å². The van der Waals surface area contributed by atoms with E-state index in [9.17, 15) is 9.59 Å². The summed E-state index contributed by atoms with van der Waals surface area (Å²) in [6.07, 6.45) is 0. The van der Waals surface area contributed by atoms with Crippen molar-refractivity contribution < 1.29 is 9.59 Å². The molecule has 10 heavy (non-hydrogen) atoms. The van der Waals surface area contributed by atoms with Gasteiger partial charge >= 0.3 is 0 Å². The maximum absolute atomic E-state index is 10.2. The van der Waals surface area contributed by atoms with Crippen LogP contribution in [0.25, 0.3) is 0 Å². The van der Waals surface area contributed by atoms with Gasteiger partial charge in [0.1, 0.15) is 10.7 Å². The van der Waals surface area contributed by atoms with Crippen LogP contribution in [-0.4, -0.2) is 11.8 Å². The van der Waals surface area contributed by atoms with Gasteiger partial charge in [-0.1, -0.05) is 11.6 Å². The van der Waals surface area contributed by atoms with Gasteiger partial charge in [-0.15, -0.1) is 0 Å². The highest BCUT2D eigenvalue weighted by Crippen LogP contribution is 2.02. The van der Waals surface area contributed by atoms with Gasteiger partial charge in [0.25, 0.3) is 11.8 Å². The van der Waals surface area contributed by atoms with Gasteiger partial charge < -0.3 is 17.2 Å². The van der Waals surface area contributed by atoms with Gasteiger partial charge in [-0.3, -0.25) is 9.59 Å². The summed E-state index contributed by atoms with van der Waals surface area (Å²) < 4.78 is 0. The fourth-order valence-electron chi connectivity index (χ4n) is 0.241. The summed E-state index contributed by atoms with van der Waals surface area (Å²) in [7, 11) is 0. The number of halogens is 1. The van der Waals surface area contributed by atoms with E-state index in [0.29, 0.717) is 0 Å². The van der Waals surface area contributed by atoms with Crippen molar-refractivity contribution in [2.24, 2.45) is 17.2 Å². The molecule has 0 aliphatic rings. The molecule has 0 atom stereocenters. The van der Waals surface area contributed by atoms with E-state index in [1.54, 1.807) is 0 Å².